The summed E-state index contributed by atoms with van der Waals surface area (Å²) in [7, 11) is 1.52. The van der Waals surface area contributed by atoms with Crippen LogP contribution in [0.2, 0.25) is 0 Å². The average Bonchev–Trinajstić information content (AvgIpc) is 2.46. The molecule has 1 saturated carbocycles. The van der Waals surface area contributed by atoms with Gasteiger partial charge in [0.2, 0.25) is 0 Å². The van der Waals surface area contributed by atoms with E-state index in [1.165, 1.54) is 14.1 Å². The molecule has 0 spiro atoms. The van der Waals surface area contributed by atoms with Gasteiger partial charge in [0.25, 0.3) is 0 Å². The van der Waals surface area contributed by atoms with Crippen LogP contribution >= 0.6 is 0 Å². The molecule has 2 fully saturated rings. The van der Waals surface area contributed by atoms with E-state index in [2.05, 4.69) is 20.8 Å². The van der Waals surface area contributed by atoms with Crippen LogP contribution < -0.4 is 0 Å². The van der Waals surface area contributed by atoms with Gasteiger partial charge >= 0.3 is 7.69 Å². The summed E-state index contributed by atoms with van der Waals surface area (Å²) in [5.41, 5.74) is 0.356. The Balaban J connectivity index is 0. The molecular formula is C12H25BO2W-. The summed E-state index contributed by atoms with van der Waals surface area (Å²) < 4.78 is 10.9. The smallest absolute Gasteiger partial charge is 0.407 e. The average molecular weight is 396 g/mol. The second-order valence-electron chi connectivity index (χ2n) is 5.03. The Hall–Kier alpha value is 0.673. The summed E-state index contributed by atoms with van der Waals surface area (Å²) in [6.07, 6.45) is 3.76. The van der Waals surface area contributed by atoms with E-state index in [9.17, 15) is 0 Å². The molecule has 0 N–H and O–H groups in total. The molecule has 16 heavy (non-hydrogen) atoms. The SMILES string of the molecule is CC.CC1(C)CCC2O[B]OC2(C)C1.[CH3-].[W]. The van der Waals surface area contributed by atoms with E-state index in [1.807, 2.05) is 13.8 Å². The first kappa shape index (κ1) is 19.0. The first-order valence-corrected chi connectivity index (χ1v) is 5.67. The van der Waals surface area contributed by atoms with Crippen LogP contribution in [0.5, 0.6) is 0 Å². The summed E-state index contributed by atoms with van der Waals surface area (Å²) in [4.78, 5) is 0. The Bertz CT molecular complexity index is 199. The maximum atomic E-state index is 5.53. The van der Waals surface area contributed by atoms with Crippen molar-refractivity contribution in [1.82, 2.24) is 0 Å². The monoisotopic (exact) mass is 396 g/mol. The van der Waals surface area contributed by atoms with Gasteiger partial charge in [-0.25, -0.2) is 0 Å². The van der Waals surface area contributed by atoms with Gasteiger partial charge in [0.1, 0.15) is 0 Å². The van der Waals surface area contributed by atoms with Crippen molar-refractivity contribution in [3.63, 3.8) is 0 Å². The molecule has 0 aromatic carbocycles. The van der Waals surface area contributed by atoms with E-state index in [1.54, 1.807) is 0 Å². The van der Waals surface area contributed by atoms with Crippen LogP contribution in [0, 0.1) is 12.8 Å². The molecule has 0 amide bonds. The van der Waals surface area contributed by atoms with Gasteiger partial charge in [-0.2, -0.15) is 0 Å². The molecule has 2 rings (SSSR count). The zero-order chi connectivity index (χ0) is 10.8. The summed E-state index contributed by atoms with van der Waals surface area (Å²) >= 11 is 0. The Morgan fingerprint density at radius 1 is 1.19 bits per heavy atom. The predicted octanol–water partition coefficient (Wildman–Crippen LogP) is 3.38. The summed E-state index contributed by atoms with van der Waals surface area (Å²) in [5, 5.41) is 0. The van der Waals surface area contributed by atoms with Crippen molar-refractivity contribution in [3.05, 3.63) is 7.43 Å². The van der Waals surface area contributed by atoms with Gasteiger partial charge in [0.05, 0.1) is 11.7 Å². The summed E-state index contributed by atoms with van der Waals surface area (Å²) in [6.45, 7) is 10.8. The normalized spacial score (nSPS) is 34.2. The standard InChI is InChI=1S/C9H16BO2.C2H6.CH3.W/c1-8(2)5-4-7-9(3,6-8)12-10-11-7;1-2;;/h7H,4-6H2,1-3H3;1-2H3;1H3;/q;;-1;. The van der Waals surface area contributed by atoms with E-state index in [4.69, 9.17) is 9.31 Å². The van der Waals surface area contributed by atoms with Crippen molar-refractivity contribution < 1.29 is 30.4 Å². The third-order valence-electron chi connectivity index (χ3n) is 3.13. The maximum Gasteiger partial charge on any atom is 0.488 e. The van der Waals surface area contributed by atoms with Crippen LogP contribution in [0.4, 0.5) is 0 Å². The van der Waals surface area contributed by atoms with E-state index in [0.717, 1.165) is 12.8 Å². The molecule has 4 heteroatoms. The van der Waals surface area contributed by atoms with Crippen molar-refractivity contribution in [1.29, 1.82) is 0 Å². The molecule has 1 aliphatic heterocycles. The molecule has 0 bridgehead atoms. The zero-order valence-electron chi connectivity index (χ0n) is 11.5. The molecule has 1 radical (unpaired) electrons. The fourth-order valence-corrected chi connectivity index (χ4v) is 2.51. The van der Waals surface area contributed by atoms with Crippen molar-refractivity contribution in [2.45, 2.75) is 65.6 Å². The molecule has 2 atom stereocenters. The molecule has 0 aromatic heterocycles. The van der Waals surface area contributed by atoms with Gasteiger partial charge < -0.3 is 16.7 Å². The van der Waals surface area contributed by atoms with Crippen LogP contribution in [0.25, 0.3) is 0 Å². The first-order chi connectivity index (χ1) is 6.52. The molecule has 1 heterocycles. The predicted molar refractivity (Wildman–Crippen MR) is 65.5 cm³/mol. The van der Waals surface area contributed by atoms with Crippen LogP contribution in [-0.2, 0) is 30.4 Å². The zero-order valence-corrected chi connectivity index (χ0v) is 14.4. The Morgan fingerprint density at radius 2 is 1.75 bits per heavy atom. The first-order valence-electron chi connectivity index (χ1n) is 5.67. The third-order valence-corrected chi connectivity index (χ3v) is 3.13. The van der Waals surface area contributed by atoms with Gasteiger partial charge in [-0.05, 0) is 31.6 Å². The van der Waals surface area contributed by atoms with E-state index in [-0.39, 0.29) is 34.1 Å². The molecule has 2 unspecified atom stereocenters. The second-order valence-corrected chi connectivity index (χ2v) is 5.03. The third kappa shape index (κ3) is 4.16. The van der Waals surface area contributed by atoms with Gasteiger partial charge in [0.15, 0.2) is 0 Å². The van der Waals surface area contributed by atoms with Gasteiger partial charge in [-0.3, -0.25) is 0 Å². The van der Waals surface area contributed by atoms with Crippen LogP contribution in [0.3, 0.4) is 0 Å². The van der Waals surface area contributed by atoms with Gasteiger partial charge in [-0.15, -0.1) is 0 Å². The Kier molecular flexibility index (Phi) is 8.54. The second kappa shape index (κ2) is 7.18. The molecule has 1 saturated heterocycles. The Labute approximate surface area is 116 Å². The van der Waals surface area contributed by atoms with Crippen molar-refractivity contribution >= 4 is 7.69 Å². The topological polar surface area (TPSA) is 18.5 Å². The Morgan fingerprint density at radius 3 is 2.31 bits per heavy atom. The maximum absolute atomic E-state index is 5.53. The van der Waals surface area contributed by atoms with Gasteiger partial charge in [0, 0.05) is 21.1 Å². The van der Waals surface area contributed by atoms with Gasteiger partial charge in [-0.1, -0.05) is 27.7 Å². The fraction of sp³-hybridized carbons (Fsp3) is 0.917. The molecule has 95 valence electrons. The van der Waals surface area contributed by atoms with Crippen molar-refractivity contribution in [3.8, 4) is 0 Å². The number of hydrogen-bond acceptors (Lipinski definition) is 2. The van der Waals surface area contributed by atoms with Crippen LogP contribution in [-0.4, -0.2) is 19.4 Å². The summed E-state index contributed by atoms with van der Waals surface area (Å²) in [5.74, 6) is 0. The largest absolute Gasteiger partial charge is 0.488 e. The number of rotatable bonds is 0. The van der Waals surface area contributed by atoms with Crippen molar-refractivity contribution in [2.75, 3.05) is 0 Å². The number of hydrogen-bond donors (Lipinski definition) is 0. The molecular weight excluding hydrogens is 371 g/mol. The molecule has 2 nitrogen and oxygen atoms in total. The minimum Gasteiger partial charge on any atom is -0.407 e. The summed E-state index contributed by atoms with van der Waals surface area (Å²) in [6, 6.07) is 0. The molecule has 2 aliphatic rings. The molecule has 1 aliphatic carbocycles. The fourth-order valence-electron chi connectivity index (χ4n) is 2.51. The molecule has 0 aromatic rings. The quantitative estimate of drug-likeness (QED) is 0.462. The van der Waals surface area contributed by atoms with Crippen LogP contribution in [0.15, 0.2) is 0 Å². The van der Waals surface area contributed by atoms with Crippen LogP contribution in [0.1, 0.15) is 53.9 Å². The van der Waals surface area contributed by atoms with Crippen molar-refractivity contribution in [2.24, 2.45) is 5.41 Å². The van der Waals surface area contributed by atoms with E-state index < -0.39 is 0 Å². The minimum atomic E-state index is -0.0538. The van der Waals surface area contributed by atoms with E-state index >= 15 is 0 Å². The minimum absolute atomic E-state index is 0. The number of fused-ring (bicyclic) bond motifs is 1. The van der Waals surface area contributed by atoms with E-state index in [0.29, 0.717) is 11.5 Å².